The molecule has 64 valence electrons. The van der Waals surface area contributed by atoms with Crippen LogP contribution in [0.1, 0.15) is 10.4 Å². The first-order valence-corrected chi connectivity index (χ1v) is 3.78. The summed E-state index contributed by atoms with van der Waals surface area (Å²) < 4.78 is 0. The molecule has 0 aromatic carbocycles. The van der Waals surface area contributed by atoms with Gasteiger partial charge in [0, 0.05) is 17.8 Å². The standard InChI is InChI=1S/C9H7N3O/c10-8(13)6-3-5-12-9-7(6)2-1-4-11-9/h1-5H,(H2,10,13). The number of pyridine rings is 2. The molecule has 4 nitrogen and oxygen atoms in total. The van der Waals surface area contributed by atoms with Gasteiger partial charge in [0.25, 0.3) is 0 Å². The van der Waals surface area contributed by atoms with Crippen LogP contribution in [0.15, 0.2) is 30.6 Å². The highest BCUT2D eigenvalue weighted by Crippen LogP contribution is 2.12. The first-order chi connectivity index (χ1) is 6.29. The number of fused-ring (bicyclic) bond motifs is 1. The van der Waals surface area contributed by atoms with Gasteiger partial charge in [-0.1, -0.05) is 0 Å². The lowest BCUT2D eigenvalue weighted by Gasteiger charge is -1.99. The number of amides is 1. The normalized spacial score (nSPS) is 10.2. The minimum atomic E-state index is -0.458. The molecule has 0 atom stereocenters. The summed E-state index contributed by atoms with van der Waals surface area (Å²) in [5, 5.41) is 0.692. The molecule has 0 spiro atoms. The minimum absolute atomic E-state index is 0.457. The van der Waals surface area contributed by atoms with Crippen molar-refractivity contribution < 1.29 is 4.79 Å². The molecule has 0 aliphatic rings. The fourth-order valence-electron chi connectivity index (χ4n) is 1.20. The van der Waals surface area contributed by atoms with E-state index in [9.17, 15) is 4.79 Å². The number of hydrogen-bond acceptors (Lipinski definition) is 3. The predicted molar refractivity (Wildman–Crippen MR) is 48.1 cm³/mol. The van der Waals surface area contributed by atoms with Crippen LogP contribution in [0.4, 0.5) is 0 Å². The largest absolute Gasteiger partial charge is 0.366 e. The molecule has 2 N–H and O–H groups in total. The molecule has 13 heavy (non-hydrogen) atoms. The topological polar surface area (TPSA) is 68.9 Å². The van der Waals surface area contributed by atoms with Crippen LogP contribution in [0.25, 0.3) is 11.0 Å². The van der Waals surface area contributed by atoms with E-state index in [0.717, 1.165) is 0 Å². The van der Waals surface area contributed by atoms with Gasteiger partial charge in [0.05, 0.1) is 5.56 Å². The molecule has 0 unspecified atom stereocenters. The van der Waals surface area contributed by atoms with Gasteiger partial charge < -0.3 is 5.73 Å². The van der Waals surface area contributed by atoms with Gasteiger partial charge in [0.1, 0.15) is 0 Å². The van der Waals surface area contributed by atoms with Crippen molar-refractivity contribution in [2.24, 2.45) is 5.73 Å². The van der Waals surface area contributed by atoms with E-state index in [0.29, 0.717) is 16.6 Å². The molecule has 4 heteroatoms. The van der Waals surface area contributed by atoms with Gasteiger partial charge in [-0.3, -0.25) is 4.79 Å². The zero-order valence-corrected chi connectivity index (χ0v) is 6.77. The number of carbonyl (C=O) groups is 1. The third-order valence-electron chi connectivity index (χ3n) is 1.78. The number of primary amides is 1. The maximum Gasteiger partial charge on any atom is 0.249 e. The first-order valence-electron chi connectivity index (χ1n) is 3.78. The first kappa shape index (κ1) is 7.67. The summed E-state index contributed by atoms with van der Waals surface area (Å²) in [6, 6.07) is 5.11. The van der Waals surface area contributed by atoms with Crippen LogP contribution in [-0.4, -0.2) is 15.9 Å². The molecule has 0 aliphatic carbocycles. The summed E-state index contributed by atoms with van der Waals surface area (Å²) in [6.07, 6.45) is 3.15. The van der Waals surface area contributed by atoms with E-state index in [-0.39, 0.29) is 0 Å². The fraction of sp³-hybridized carbons (Fsp3) is 0. The van der Waals surface area contributed by atoms with Crippen molar-refractivity contribution in [3.8, 4) is 0 Å². The highest BCUT2D eigenvalue weighted by atomic mass is 16.1. The lowest BCUT2D eigenvalue weighted by atomic mass is 10.1. The number of aromatic nitrogens is 2. The molecule has 0 bridgehead atoms. The van der Waals surface area contributed by atoms with Crippen molar-refractivity contribution in [1.29, 1.82) is 0 Å². The zero-order valence-electron chi connectivity index (χ0n) is 6.77. The Morgan fingerprint density at radius 2 is 2.00 bits per heavy atom. The Hall–Kier alpha value is -1.97. The maximum absolute atomic E-state index is 11.0. The van der Waals surface area contributed by atoms with Gasteiger partial charge in [0.15, 0.2) is 5.65 Å². The van der Waals surface area contributed by atoms with Gasteiger partial charge in [-0.05, 0) is 18.2 Å². The average Bonchev–Trinajstić information content (AvgIpc) is 2.17. The monoisotopic (exact) mass is 173 g/mol. The molecule has 0 saturated carbocycles. The Morgan fingerprint density at radius 1 is 1.23 bits per heavy atom. The molecule has 2 aromatic rings. The summed E-state index contributed by atoms with van der Waals surface area (Å²) in [7, 11) is 0. The molecule has 0 aliphatic heterocycles. The summed E-state index contributed by atoms with van der Waals surface area (Å²) in [5.74, 6) is -0.458. The van der Waals surface area contributed by atoms with Crippen LogP contribution in [0.5, 0.6) is 0 Å². The van der Waals surface area contributed by atoms with Gasteiger partial charge >= 0.3 is 0 Å². The highest BCUT2D eigenvalue weighted by Gasteiger charge is 2.05. The fourth-order valence-corrected chi connectivity index (χ4v) is 1.20. The SMILES string of the molecule is NC(=O)c1ccnc2ncccc12. The second-order valence-electron chi connectivity index (χ2n) is 2.60. The number of rotatable bonds is 1. The van der Waals surface area contributed by atoms with Crippen LogP contribution in [0.3, 0.4) is 0 Å². The van der Waals surface area contributed by atoms with Crippen LogP contribution >= 0.6 is 0 Å². The quantitative estimate of drug-likeness (QED) is 0.691. The van der Waals surface area contributed by atoms with Crippen molar-refractivity contribution in [3.63, 3.8) is 0 Å². The molecular weight excluding hydrogens is 166 g/mol. The molecule has 2 aromatic heterocycles. The third-order valence-corrected chi connectivity index (χ3v) is 1.78. The second-order valence-corrected chi connectivity index (χ2v) is 2.60. The molecule has 0 fully saturated rings. The van der Waals surface area contributed by atoms with Crippen molar-refractivity contribution in [3.05, 3.63) is 36.2 Å². The van der Waals surface area contributed by atoms with Gasteiger partial charge in [-0.2, -0.15) is 0 Å². The molecule has 0 saturated heterocycles. The van der Waals surface area contributed by atoms with E-state index in [4.69, 9.17) is 5.73 Å². The van der Waals surface area contributed by atoms with E-state index in [2.05, 4.69) is 9.97 Å². The van der Waals surface area contributed by atoms with Crippen molar-refractivity contribution in [1.82, 2.24) is 9.97 Å². The number of hydrogen-bond donors (Lipinski definition) is 1. The van der Waals surface area contributed by atoms with E-state index in [1.807, 2.05) is 0 Å². The van der Waals surface area contributed by atoms with E-state index in [1.54, 1.807) is 24.4 Å². The summed E-state index contributed by atoms with van der Waals surface area (Å²) in [6.45, 7) is 0. The number of nitrogens with two attached hydrogens (primary N) is 1. The Morgan fingerprint density at radius 3 is 2.77 bits per heavy atom. The van der Waals surface area contributed by atoms with Crippen molar-refractivity contribution in [2.45, 2.75) is 0 Å². The van der Waals surface area contributed by atoms with Crippen LogP contribution in [0, 0.1) is 0 Å². The van der Waals surface area contributed by atoms with Crippen LogP contribution in [-0.2, 0) is 0 Å². The number of carbonyl (C=O) groups excluding carboxylic acids is 1. The Balaban J connectivity index is 2.83. The highest BCUT2D eigenvalue weighted by molar-refractivity contribution is 6.04. The molecule has 2 heterocycles. The van der Waals surface area contributed by atoms with Crippen LogP contribution < -0.4 is 5.73 Å². The lowest BCUT2D eigenvalue weighted by Crippen LogP contribution is -2.11. The van der Waals surface area contributed by atoms with Crippen molar-refractivity contribution >= 4 is 16.9 Å². The summed E-state index contributed by atoms with van der Waals surface area (Å²) >= 11 is 0. The Bertz CT molecular complexity index is 462. The molecule has 1 amide bonds. The van der Waals surface area contributed by atoms with Crippen LogP contribution in [0.2, 0.25) is 0 Å². The Kier molecular flexibility index (Phi) is 1.66. The van der Waals surface area contributed by atoms with Gasteiger partial charge in [0.2, 0.25) is 5.91 Å². The van der Waals surface area contributed by atoms with Crippen molar-refractivity contribution in [2.75, 3.05) is 0 Å². The number of nitrogens with zero attached hydrogens (tertiary/aromatic N) is 2. The lowest BCUT2D eigenvalue weighted by molar-refractivity contribution is 0.100. The average molecular weight is 173 g/mol. The maximum atomic E-state index is 11.0. The van der Waals surface area contributed by atoms with E-state index >= 15 is 0 Å². The third kappa shape index (κ3) is 1.22. The smallest absolute Gasteiger partial charge is 0.249 e. The second kappa shape index (κ2) is 2.82. The molecular formula is C9H7N3O. The van der Waals surface area contributed by atoms with Gasteiger partial charge in [-0.15, -0.1) is 0 Å². The Labute approximate surface area is 74.4 Å². The van der Waals surface area contributed by atoms with Gasteiger partial charge in [-0.25, -0.2) is 9.97 Å². The molecule has 2 rings (SSSR count). The minimum Gasteiger partial charge on any atom is -0.366 e. The zero-order chi connectivity index (χ0) is 9.26. The summed E-state index contributed by atoms with van der Waals surface area (Å²) in [5.41, 5.74) is 6.18. The van der Waals surface area contributed by atoms with E-state index < -0.39 is 5.91 Å². The summed E-state index contributed by atoms with van der Waals surface area (Å²) in [4.78, 5) is 19.0. The molecule has 0 radical (unpaired) electrons. The predicted octanol–water partition coefficient (Wildman–Crippen LogP) is 0.729. The van der Waals surface area contributed by atoms with E-state index in [1.165, 1.54) is 6.20 Å².